The topological polar surface area (TPSA) is 70.0 Å². The van der Waals surface area contributed by atoms with Crippen LogP contribution in [0.5, 0.6) is 0 Å². The Balaban J connectivity index is 2.95. The average molecular weight is 211 g/mol. The smallest absolute Gasteiger partial charge is 0.0992 e. The summed E-state index contributed by atoms with van der Waals surface area (Å²) in [6.07, 6.45) is 0.464. The molecule has 0 saturated carbocycles. The number of aliphatic hydroxyl groups excluding tert-OH is 1. The van der Waals surface area contributed by atoms with E-state index in [4.69, 9.17) is 27.7 Å². The van der Waals surface area contributed by atoms with E-state index in [0.29, 0.717) is 17.0 Å². The lowest BCUT2D eigenvalue weighted by Crippen LogP contribution is -2.12. The first kappa shape index (κ1) is 11.0. The molecule has 0 radical (unpaired) electrons. The van der Waals surface area contributed by atoms with E-state index in [-0.39, 0.29) is 12.6 Å². The van der Waals surface area contributed by atoms with E-state index in [1.807, 2.05) is 6.07 Å². The van der Waals surface area contributed by atoms with Crippen LogP contribution in [0, 0.1) is 11.3 Å². The predicted molar refractivity (Wildman–Crippen MR) is 54.8 cm³/mol. The summed E-state index contributed by atoms with van der Waals surface area (Å²) in [6, 6.07) is 6.68. The summed E-state index contributed by atoms with van der Waals surface area (Å²) in [7, 11) is 0. The summed E-state index contributed by atoms with van der Waals surface area (Å²) < 4.78 is 0. The molecule has 0 aromatic heterocycles. The Labute approximate surface area is 87.7 Å². The molecule has 0 aliphatic carbocycles. The quantitative estimate of drug-likeness (QED) is 0.796. The first-order valence-electron chi connectivity index (χ1n) is 4.25. The molecule has 0 unspecified atom stereocenters. The van der Waals surface area contributed by atoms with Crippen molar-refractivity contribution in [2.24, 2.45) is 5.73 Å². The largest absolute Gasteiger partial charge is 0.396 e. The van der Waals surface area contributed by atoms with Gasteiger partial charge in [-0.25, -0.2) is 0 Å². The number of hydrogen-bond donors (Lipinski definition) is 2. The second kappa shape index (κ2) is 4.97. The number of rotatable bonds is 3. The summed E-state index contributed by atoms with van der Waals surface area (Å²) >= 11 is 5.93. The third kappa shape index (κ3) is 2.46. The summed E-state index contributed by atoms with van der Waals surface area (Å²) in [6.45, 7) is 0.0253. The molecule has 14 heavy (non-hydrogen) atoms. The van der Waals surface area contributed by atoms with Gasteiger partial charge in [-0.05, 0) is 24.1 Å². The molecule has 1 aromatic carbocycles. The van der Waals surface area contributed by atoms with Crippen LogP contribution >= 0.6 is 11.6 Å². The fraction of sp³-hybridized carbons (Fsp3) is 0.300. The van der Waals surface area contributed by atoms with Crippen molar-refractivity contribution in [3.8, 4) is 6.07 Å². The molecular weight excluding hydrogens is 200 g/mol. The van der Waals surface area contributed by atoms with Gasteiger partial charge in [-0.1, -0.05) is 17.7 Å². The van der Waals surface area contributed by atoms with Gasteiger partial charge in [0.2, 0.25) is 0 Å². The van der Waals surface area contributed by atoms with E-state index < -0.39 is 0 Å². The van der Waals surface area contributed by atoms with E-state index in [0.717, 1.165) is 5.56 Å². The van der Waals surface area contributed by atoms with Crippen LogP contribution in [-0.2, 0) is 0 Å². The van der Waals surface area contributed by atoms with Crippen molar-refractivity contribution in [1.82, 2.24) is 0 Å². The van der Waals surface area contributed by atoms with Crippen molar-refractivity contribution >= 4 is 11.6 Å². The van der Waals surface area contributed by atoms with Crippen LogP contribution in [0.15, 0.2) is 18.2 Å². The van der Waals surface area contributed by atoms with Crippen molar-refractivity contribution in [1.29, 1.82) is 5.26 Å². The van der Waals surface area contributed by atoms with Gasteiger partial charge in [0.05, 0.1) is 11.6 Å². The molecule has 0 aliphatic heterocycles. The third-order valence-corrected chi connectivity index (χ3v) is 2.30. The lowest BCUT2D eigenvalue weighted by Gasteiger charge is -2.11. The second-order valence-electron chi connectivity index (χ2n) is 2.97. The van der Waals surface area contributed by atoms with Gasteiger partial charge in [-0.15, -0.1) is 0 Å². The summed E-state index contributed by atoms with van der Waals surface area (Å²) in [5.41, 5.74) is 7.04. The standard InChI is InChI=1S/C10H11ClN2O/c11-9-5-7(6-12)1-2-8(9)10(13)3-4-14/h1-2,5,10,14H,3-4,13H2/t10-/m1/s1. The van der Waals surface area contributed by atoms with Crippen molar-refractivity contribution in [3.63, 3.8) is 0 Å². The van der Waals surface area contributed by atoms with E-state index in [1.165, 1.54) is 0 Å². The molecule has 0 spiro atoms. The monoisotopic (exact) mass is 210 g/mol. The predicted octanol–water partition coefficient (Wildman–Crippen LogP) is 1.59. The second-order valence-corrected chi connectivity index (χ2v) is 3.37. The maximum absolute atomic E-state index is 8.71. The molecular formula is C10H11ClN2O. The molecule has 0 heterocycles. The number of halogens is 1. The zero-order chi connectivity index (χ0) is 10.6. The van der Waals surface area contributed by atoms with E-state index in [2.05, 4.69) is 0 Å². The fourth-order valence-corrected chi connectivity index (χ4v) is 1.51. The molecule has 0 fully saturated rings. The SMILES string of the molecule is N#Cc1ccc([C@H](N)CCO)c(Cl)c1. The number of aliphatic hydroxyl groups is 1. The highest BCUT2D eigenvalue weighted by Crippen LogP contribution is 2.24. The number of hydrogen-bond acceptors (Lipinski definition) is 3. The Morgan fingerprint density at radius 1 is 1.57 bits per heavy atom. The molecule has 0 saturated heterocycles. The zero-order valence-corrected chi connectivity index (χ0v) is 8.33. The van der Waals surface area contributed by atoms with E-state index in [9.17, 15) is 0 Å². The van der Waals surface area contributed by atoms with Gasteiger partial charge in [0.25, 0.3) is 0 Å². The van der Waals surface area contributed by atoms with Gasteiger partial charge in [0.1, 0.15) is 0 Å². The minimum atomic E-state index is -0.278. The lowest BCUT2D eigenvalue weighted by atomic mass is 10.0. The Morgan fingerprint density at radius 3 is 2.79 bits per heavy atom. The van der Waals surface area contributed by atoms with Gasteiger partial charge in [-0.2, -0.15) is 5.26 Å². The highest BCUT2D eigenvalue weighted by atomic mass is 35.5. The van der Waals surface area contributed by atoms with Gasteiger partial charge in [-0.3, -0.25) is 0 Å². The zero-order valence-electron chi connectivity index (χ0n) is 7.57. The van der Waals surface area contributed by atoms with Crippen molar-refractivity contribution in [3.05, 3.63) is 34.3 Å². The Hall–Kier alpha value is -1.08. The molecule has 3 nitrogen and oxygen atoms in total. The molecule has 74 valence electrons. The first-order valence-corrected chi connectivity index (χ1v) is 4.63. The van der Waals surface area contributed by atoms with Crippen molar-refractivity contribution in [2.45, 2.75) is 12.5 Å². The molecule has 0 amide bonds. The summed E-state index contributed by atoms with van der Waals surface area (Å²) in [5, 5.41) is 17.8. The lowest BCUT2D eigenvalue weighted by molar-refractivity contribution is 0.276. The van der Waals surface area contributed by atoms with Crippen LogP contribution < -0.4 is 5.73 Å². The molecule has 1 atom stereocenters. The van der Waals surface area contributed by atoms with Crippen LogP contribution in [0.1, 0.15) is 23.6 Å². The Kier molecular flexibility index (Phi) is 3.90. The molecule has 4 heteroatoms. The van der Waals surface area contributed by atoms with Crippen LogP contribution in [0.25, 0.3) is 0 Å². The Morgan fingerprint density at radius 2 is 2.29 bits per heavy atom. The highest BCUT2D eigenvalue weighted by Gasteiger charge is 2.09. The molecule has 0 bridgehead atoms. The van der Waals surface area contributed by atoms with E-state index >= 15 is 0 Å². The molecule has 3 N–H and O–H groups in total. The average Bonchev–Trinajstić information content (AvgIpc) is 2.17. The van der Waals surface area contributed by atoms with Crippen LogP contribution in [-0.4, -0.2) is 11.7 Å². The molecule has 0 aliphatic rings. The maximum atomic E-state index is 8.71. The van der Waals surface area contributed by atoms with Crippen LogP contribution in [0.3, 0.4) is 0 Å². The minimum Gasteiger partial charge on any atom is -0.396 e. The normalized spacial score (nSPS) is 12.1. The van der Waals surface area contributed by atoms with Crippen molar-refractivity contribution in [2.75, 3.05) is 6.61 Å². The highest BCUT2D eigenvalue weighted by molar-refractivity contribution is 6.31. The van der Waals surface area contributed by atoms with Gasteiger partial charge in [0.15, 0.2) is 0 Å². The minimum absolute atomic E-state index is 0.0253. The molecule has 1 aromatic rings. The maximum Gasteiger partial charge on any atom is 0.0992 e. The first-order chi connectivity index (χ1) is 6.69. The van der Waals surface area contributed by atoms with Crippen LogP contribution in [0.2, 0.25) is 5.02 Å². The number of nitrogens with two attached hydrogens (primary N) is 1. The summed E-state index contributed by atoms with van der Waals surface area (Å²) in [4.78, 5) is 0. The van der Waals surface area contributed by atoms with Gasteiger partial charge < -0.3 is 10.8 Å². The van der Waals surface area contributed by atoms with Gasteiger partial charge >= 0.3 is 0 Å². The van der Waals surface area contributed by atoms with Crippen molar-refractivity contribution < 1.29 is 5.11 Å². The van der Waals surface area contributed by atoms with Crippen LogP contribution in [0.4, 0.5) is 0 Å². The third-order valence-electron chi connectivity index (χ3n) is 1.97. The van der Waals surface area contributed by atoms with Gasteiger partial charge in [0, 0.05) is 17.7 Å². The summed E-state index contributed by atoms with van der Waals surface area (Å²) in [5.74, 6) is 0. The Bertz CT molecular complexity index is 360. The van der Waals surface area contributed by atoms with E-state index in [1.54, 1.807) is 18.2 Å². The molecule has 1 rings (SSSR count). The fourth-order valence-electron chi connectivity index (χ4n) is 1.19. The number of nitrogens with zero attached hydrogens (tertiary/aromatic N) is 1. The number of benzene rings is 1. The number of nitriles is 1.